The molecule has 2 aromatic carbocycles. The van der Waals surface area contributed by atoms with Crippen LogP contribution < -0.4 is 14.8 Å². The van der Waals surface area contributed by atoms with Crippen LogP contribution >= 0.6 is 0 Å². The van der Waals surface area contributed by atoms with E-state index >= 15 is 0 Å². The van der Waals surface area contributed by atoms with Crippen molar-refractivity contribution in [3.8, 4) is 11.6 Å². The number of nitrogens with zero attached hydrogens (tertiary/aromatic N) is 4. The summed E-state index contributed by atoms with van der Waals surface area (Å²) in [4.78, 5) is 13.8. The Morgan fingerprint density at radius 3 is 2.53 bits per heavy atom. The monoisotopic (exact) mass is 579 g/mol. The number of methoxy groups -OCH3 is 2. The molecule has 1 unspecified atom stereocenters. The molecule has 5 aromatic rings. The standard InChI is InChI=1S/C34H37N5O4/c1-34(2)42-30-24(18-28(31(30)43-34)39-16-15-26-32(39)36-20-37-33(26)41-4)10-6-21-5-9-23-11-14-29(38-27(23)17-21)35-19-22-7-12-25(40-3)13-8-22/h5,7-9,11-17,20,24,28,30-31H,6,10,18-19H2,1-4H3,(H,35,38)/t24-,28+,30?,31-/m0/s1. The van der Waals surface area contributed by atoms with Crippen molar-refractivity contribution in [3.63, 3.8) is 0 Å². The molecular weight excluding hydrogens is 542 g/mol. The van der Waals surface area contributed by atoms with Gasteiger partial charge < -0.3 is 28.8 Å². The minimum Gasteiger partial charge on any atom is -0.497 e. The summed E-state index contributed by atoms with van der Waals surface area (Å²) in [5, 5.41) is 5.49. The topological polar surface area (TPSA) is 92.6 Å². The first-order valence-corrected chi connectivity index (χ1v) is 14.9. The first kappa shape index (κ1) is 27.6. The third kappa shape index (κ3) is 5.39. The van der Waals surface area contributed by atoms with Gasteiger partial charge in [-0.05, 0) is 86.6 Å². The predicted molar refractivity (Wildman–Crippen MR) is 165 cm³/mol. The molecule has 1 aliphatic carbocycles. The Labute approximate surface area is 251 Å². The number of ether oxygens (including phenoxy) is 4. The van der Waals surface area contributed by atoms with Crippen LogP contribution in [0.4, 0.5) is 5.82 Å². The molecule has 1 saturated heterocycles. The van der Waals surface area contributed by atoms with Gasteiger partial charge in [0.2, 0.25) is 5.88 Å². The highest BCUT2D eigenvalue weighted by molar-refractivity contribution is 5.82. The second-order valence-electron chi connectivity index (χ2n) is 11.9. The van der Waals surface area contributed by atoms with Crippen LogP contribution in [0.15, 0.2) is 73.2 Å². The van der Waals surface area contributed by atoms with E-state index in [1.54, 1.807) is 20.5 Å². The number of hydrogen-bond acceptors (Lipinski definition) is 8. The molecule has 0 spiro atoms. The normalized spacial score (nSPS) is 22.6. The number of anilines is 1. The molecule has 9 heteroatoms. The lowest BCUT2D eigenvalue weighted by Gasteiger charge is -2.24. The molecule has 7 rings (SSSR count). The van der Waals surface area contributed by atoms with Crippen molar-refractivity contribution in [2.45, 2.75) is 63.7 Å². The van der Waals surface area contributed by atoms with Gasteiger partial charge >= 0.3 is 0 Å². The van der Waals surface area contributed by atoms with E-state index in [1.165, 1.54) is 11.1 Å². The zero-order valence-corrected chi connectivity index (χ0v) is 25.0. The molecule has 1 N–H and O–H groups in total. The van der Waals surface area contributed by atoms with Gasteiger partial charge in [0.05, 0.1) is 37.3 Å². The average Bonchev–Trinajstić information content (AvgIpc) is 3.69. The molecule has 1 saturated carbocycles. The lowest BCUT2D eigenvalue weighted by atomic mass is 9.95. The average molecular weight is 580 g/mol. The van der Waals surface area contributed by atoms with Crippen LogP contribution in [0.3, 0.4) is 0 Å². The Hall–Kier alpha value is -4.21. The Morgan fingerprint density at radius 2 is 1.72 bits per heavy atom. The Morgan fingerprint density at radius 1 is 0.930 bits per heavy atom. The van der Waals surface area contributed by atoms with Crippen molar-refractivity contribution < 1.29 is 18.9 Å². The molecule has 2 fully saturated rings. The van der Waals surface area contributed by atoms with Crippen LogP contribution in [0, 0.1) is 5.92 Å². The second-order valence-corrected chi connectivity index (χ2v) is 11.9. The van der Waals surface area contributed by atoms with E-state index in [-0.39, 0.29) is 18.2 Å². The molecule has 4 heterocycles. The first-order valence-electron chi connectivity index (χ1n) is 14.9. The Kier molecular flexibility index (Phi) is 7.15. The van der Waals surface area contributed by atoms with Crippen LogP contribution in [0.1, 0.15) is 43.9 Å². The fraction of sp³-hybridized carbons (Fsp3) is 0.382. The molecule has 222 valence electrons. The van der Waals surface area contributed by atoms with E-state index in [4.69, 9.17) is 23.9 Å². The summed E-state index contributed by atoms with van der Waals surface area (Å²) >= 11 is 0. The maximum atomic E-state index is 6.50. The van der Waals surface area contributed by atoms with Crippen LogP contribution in [-0.4, -0.2) is 51.7 Å². The van der Waals surface area contributed by atoms with Crippen LogP contribution in [0.2, 0.25) is 0 Å². The smallest absolute Gasteiger partial charge is 0.225 e. The largest absolute Gasteiger partial charge is 0.497 e. The van der Waals surface area contributed by atoms with Gasteiger partial charge in [0.15, 0.2) is 5.79 Å². The van der Waals surface area contributed by atoms with Crippen LogP contribution in [0.25, 0.3) is 21.9 Å². The van der Waals surface area contributed by atoms with Crippen LogP contribution in [-0.2, 0) is 22.4 Å². The van der Waals surface area contributed by atoms with Gasteiger partial charge in [-0.15, -0.1) is 0 Å². The number of nitrogens with one attached hydrogen (secondary N) is 1. The van der Waals surface area contributed by atoms with Gasteiger partial charge in [-0.3, -0.25) is 0 Å². The molecule has 2 aliphatic rings. The first-order chi connectivity index (χ1) is 20.9. The number of fused-ring (bicyclic) bond motifs is 3. The zero-order valence-electron chi connectivity index (χ0n) is 25.0. The quantitative estimate of drug-likeness (QED) is 0.217. The number of hydrogen-bond donors (Lipinski definition) is 1. The molecule has 43 heavy (non-hydrogen) atoms. The molecule has 3 aromatic heterocycles. The summed E-state index contributed by atoms with van der Waals surface area (Å²) in [5.74, 6) is 2.03. The van der Waals surface area contributed by atoms with E-state index in [0.717, 1.165) is 52.8 Å². The molecule has 9 nitrogen and oxygen atoms in total. The maximum absolute atomic E-state index is 6.50. The lowest BCUT2D eigenvalue weighted by Crippen LogP contribution is -2.27. The van der Waals surface area contributed by atoms with E-state index in [9.17, 15) is 0 Å². The number of aryl methyl sites for hydroxylation is 1. The van der Waals surface area contributed by atoms with Crippen molar-refractivity contribution in [2.24, 2.45) is 5.92 Å². The number of aromatic nitrogens is 4. The number of benzene rings is 2. The van der Waals surface area contributed by atoms with Gasteiger partial charge in [0.1, 0.15) is 29.6 Å². The van der Waals surface area contributed by atoms with E-state index < -0.39 is 5.79 Å². The third-order valence-corrected chi connectivity index (χ3v) is 8.77. The Bertz CT molecular complexity index is 1750. The highest BCUT2D eigenvalue weighted by atomic mass is 16.8. The summed E-state index contributed by atoms with van der Waals surface area (Å²) in [5.41, 5.74) is 4.30. The molecule has 0 bridgehead atoms. The number of rotatable bonds is 9. The maximum Gasteiger partial charge on any atom is 0.225 e. The molecule has 1 aliphatic heterocycles. The van der Waals surface area contributed by atoms with Gasteiger partial charge in [-0.1, -0.05) is 24.3 Å². The summed E-state index contributed by atoms with van der Waals surface area (Å²) in [6, 6.07) is 21.0. The summed E-state index contributed by atoms with van der Waals surface area (Å²) in [7, 11) is 3.32. The van der Waals surface area contributed by atoms with Crippen molar-refractivity contribution >= 4 is 27.8 Å². The minimum absolute atomic E-state index is 0.0218. The minimum atomic E-state index is -0.621. The van der Waals surface area contributed by atoms with Gasteiger partial charge in [0, 0.05) is 18.1 Å². The van der Waals surface area contributed by atoms with Crippen molar-refractivity contribution in [2.75, 3.05) is 19.5 Å². The fourth-order valence-electron chi connectivity index (χ4n) is 6.69. The van der Waals surface area contributed by atoms with Crippen LogP contribution in [0.5, 0.6) is 11.6 Å². The molecule has 0 radical (unpaired) electrons. The van der Waals surface area contributed by atoms with Gasteiger partial charge in [-0.25, -0.2) is 15.0 Å². The summed E-state index contributed by atoms with van der Waals surface area (Å²) < 4.78 is 26.0. The van der Waals surface area contributed by atoms with Crippen molar-refractivity contribution in [1.82, 2.24) is 19.5 Å². The SMILES string of the molecule is COc1ccc(CNc2ccc3ccc(CC[C@H]4C[C@@H](n5ccc6c(OC)ncnc65)[C@@H]5OC(C)(C)OC45)cc3n2)cc1. The van der Waals surface area contributed by atoms with E-state index in [2.05, 4.69) is 62.4 Å². The fourth-order valence-corrected chi connectivity index (χ4v) is 6.69. The lowest BCUT2D eigenvalue weighted by molar-refractivity contribution is -0.160. The number of pyridine rings is 1. The second kappa shape index (κ2) is 11.1. The molecule has 4 atom stereocenters. The molecular formula is C34H37N5O4. The third-order valence-electron chi connectivity index (χ3n) is 8.77. The van der Waals surface area contributed by atoms with Gasteiger partial charge in [-0.2, -0.15) is 0 Å². The van der Waals surface area contributed by atoms with Crippen molar-refractivity contribution in [3.05, 3.63) is 84.3 Å². The highest BCUT2D eigenvalue weighted by Crippen LogP contribution is 2.49. The predicted octanol–water partition coefficient (Wildman–Crippen LogP) is 6.32. The summed E-state index contributed by atoms with van der Waals surface area (Å²) in [6.45, 7) is 4.71. The highest BCUT2D eigenvalue weighted by Gasteiger charge is 2.54. The Balaban J connectivity index is 1.07. The van der Waals surface area contributed by atoms with E-state index in [1.807, 2.05) is 38.1 Å². The molecule has 0 amide bonds. The summed E-state index contributed by atoms with van der Waals surface area (Å²) in [6.07, 6.45) is 6.50. The van der Waals surface area contributed by atoms with Gasteiger partial charge in [0.25, 0.3) is 0 Å². The zero-order chi connectivity index (χ0) is 29.6. The van der Waals surface area contributed by atoms with Crippen molar-refractivity contribution in [1.29, 1.82) is 0 Å². The van der Waals surface area contributed by atoms with E-state index in [0.29, 0.717) is 18.3 Å².